The number of halogens is 3. The van der Waals surface area contributed by atoms with Crippen LogP contribution in [0.1, 0.15) is 18.5 Å². The van der Waals surface area contributed by atoms with E-state index in [1.807, 2.05) is 6.07 Å². The minimum absolute atomic E-state index is 0.0428. The smallest absolute Gasteiger partial charge is 0.207 e. The predicted octanol–water partition coefficient (Wildman–Crippen LogP) is 4.80. The molecule has 3 nitrogen and oxygen atoms in total. The van der Waals surface area contributed by atoms with Gasteiger partial charge in [0.05, 0.1) is 5.02 Å². The Labute approximate surface area is 142 Å². The third kappa shape index (κ3) is 4.20. The third-order valence-electron chi connectivity index (χ3n) is 2.86. The van der Waals surface area contributed by atoms with Crippen molar-refractivity contribution in [3.63, 3.8) is 0 Å². The Morgan fingerprint density at radius 1 is 1.14 bits per heavy atom. The summed E-state index contributed by atoms with van der Waals surface area (Å²) in [4.78, 5) is 0.0428. The maximum absolute atomic E-state index is 12.4. The highest BCUT2D eigenvalue weighted by Crippen LogP contribution is 2.27. The molecule has 0 aliphatic rings. The lowest BCUT2D eigenvalue weighted by Gasteiger charge is -2.15. The van der Waals surface area contributed by atoms with Crippen LogP contribution in [-0.2, 0) is 10.0 Å². The predicted molar refractivity (Wildman–Crippen MR) is 89.3 cm³/mol. The van der Waals surface area contributed by atoms with E-state index in [1.165, 1.54) is 6.07 Å². The summed E-state index contributed by atoms with van der Waals surface area (Å²) in [5.41, 5.74) is 0.777. The number of rotatable bonds is 4. The topological polar surface area (TPSA) is 46.2 Å². The van der Waals surface area contributed by atoms with Gasteiger partial charge < -0.3 is 0 Å². The number of benzene rings is 2. The van der Waals surface area contributed by atoms with Crippen LogP contribution in [0.15, 0.2) is 51.8 Å². The van der Waals surface area contributed by atoms with Gasteiger partial charge in [-0.2, -0.15) is 0 Å². The molecule has 2 rings (SSSR count). The second kappa shape index (κ2) is 6.67. The molecule has 0 saturated carbocycles. The van der Waals surface area contributed by atoms with Gasteiger partial charge in [-0.25, -0.2) is 13.1 Å². The molecule has 21 heavy (non-hydrogen) atoms. The van der Waals surface area contributed by atoms with E-state index in [0.717, 1.165) is 5.56 Å². The van der Waals surface area contributed by atoms with Crippen LogP contribution < -0.4 is 4.72 Å². The molecule has 0 radical (unpaired) electrons. The minimum atomic E-state index is -3.71. The van der Waals surface area contributed by atoms with Crippen LogP contribution in [0.4, 0.5) is 0 Å². The van der Waals surface area contributed by atoms with Crippen molar-refractivity contribution in [1.82, 2.24) is 4.72 Å². The molecule has 0 aliphatic carbocycles. The van der Waals surface area contributed by atoms with Gasteiger partial charge in [0.2, 0.25) is 10.0 Å². The fraction of sp³-hybridized carbons (Fsp3) is 0.143. The van der Waals surface area contributed by atoms with Gasteiger partial charge in [0, 0.05) is 15.5 Å². The number of nitrogens with one attached hydrogen (secondary N) is 1. The SMILES string of the molecule is CC(NS(=O)(=O)c1ccc(Br)cc1Cl)c1cccc(Cl)c1. The van der Waals surface area contributed by atoms with E-state index in [0.29, 0.717) is 9.50 Å². The van der Waals surface area contributed by atoms with Crippen LogP contribution in [0.5, 0.6) is 0 Å². The first kappa shape index (κ1) is 16.8. The summed E-state index contributed by atoms with van der Waals surface area (Å²) in [6.07, 6.45) is 0. The van der Waals surface area contributed by atoms with Gasteiger partial charge >= 0.3 is 0 Å². The largest absolute Gasteiger partial charge is 0.242 e. The standard InChI is InChI=1S/C14H12BrCl2NO2S/c1-9(10-3-2-4-12(16)7-10)18-21(19,20)14-6-5-11(15)8-13(14)17/h2-9,18H,1H3. The highest BCUT2D eigenvalue weighted by atomic mass is 79.9. The molecule has 0 bridgehead atoms. The van der Waals surface area contributed by atoms with Crippen molar-refractivity contribution >= 4 is 49.2 Å². The normalized spacial score (nSPS) is 13.1. The zero-order chi connectivity index (χ0) is 15.6. The second-order valence-corrected chi connectivity index (χ2v) is 7.91. The van der Waals surface area contributed by atoms with Gasteiger partial charge in [0.25, 0.3) is 0 Å². The highest BCUT2D eigenvalue weighted by Gasteiger charge is 2.21. The van der Waals surface area contributed by atoms with Crippen LogP contribution in [0.2, 0.25) is 10.0 Å². The highest BCUT2D eigenvalue weighted by molar-refractivity contribution is 9.10. The quantitative estimate of drug-likeness (QED) is 0.789. The Balaban J connectivity index is 2.29. The first-order valence-corrected chi connectivity index (χ1v) is 9.05. The molecule has 0 fully saturated rings. The lowest BCUT2D eigenvalue weighted by atomic mass is 10.1. The van der Waals surface area contributed by atoms with Gasteiger partial charge in [0.1, 0.15) is 4.90 Å². The molecule has 2 aromatic rings. The Hall–Kier alpha value is -0.590. The zero-order valence-corrected chi connectivity index (χ0v) is 14.9. The van der Waals surface area contributed by atoms with Crippen molar-refractivity contribution in [2.45, 2.75) is 17.9 Å². The van der Waals surface area contributed by atoms with E-state index in [1.54, 1.807) is 37.3 Å². The van der Waals surface area contributed by atoms with E-state index in [2.05, 4.69) is 20.7 Å². The summed E-state index contributed by atoms with van der Waals surface area (Å²) in [6.45, 7) is 1.75. The van der Waals surface area contributed by atoms with Crippen molar-refractivity contribution in [3.05, 3.63) is 62.5 Å². The Kier molecular flexibility index (Phi) is 5.33. The lowest BCUT2D eigenvalue weighted by Crippen LogP contribution is -2.27. The Bertz CT molecular complexity index is 765. The van der Waals surface area contributed by atoms with Crippen molar-refractivity contribution in [1.29, 1.82) is 0 Å². The van der Waals surface area contributed by atoms with Crippen LogP contribution in [0.25, 0.3) is 0 Å². The van der Waals surface area contributed by atoms with Crippen LogP contribution in [0, 0.1) is 0 Å². The molecule has 7 heteroatoms. The lowest BCUT2D eigenvalue weighted by molar-refractivity contribution is 0.567. The maximum Gasteiger partial charge on any atom is 0.242 e. The van der Waals surface area contributed by atoms with Crippen molar-refractivity contribution in [2.75, 3.05) is 0 Å². The van der Waals surface area contributed by atoms with E-state index in [9.17, 15) is 8.42 Å². The number of hydrogen-bond acceptors (Lipinski definition) is 2. The average molecular weight is 409 g/mol. The van der Waals surface area contributed by atoms with Crippen molar-refractivity contribution < 1.29 is 8.42 Å². The van der Waals surface area contributed by atoms with Gasteiger partial charge in [-0.15, -0.1) is 0 Å². The third-order valence-corrected chi connectivity index (χ3v) is 5.62. The summed E-state index contributed by atoms with van der Waals surface area (Å²) in [5.74, 6) is 0. The molecule has 0 amide bonds. The zero-order valence-electron chi connectivity index (χ0n) is 11.0. The molecular formula is C14H12BrCl2NO2S. The summed E-state index contributed by atoms with van der Waals surface area (Å²) < 4.78 is 28.1. The monoisotopic (exact) mass is 407 g/mol. The van der Waals surface area contributed by atoms with Gasteiger partial charge in [0.15, 0.2) is 0 Å². The molecule has 112 valence electrons. The number of hydrogen-bond donors (Lipinski definition) is 1. The molecular weight excluding hydrogens is 397 g/mol. The molecule has 2 aromatic carbocycles. The van der Waals surface area contributed by atoms with Gasteiger partial charge in [-0.1, -0.05) is 51.3 Å². The first-order chi connectivity index (χ1) is 9.79. The maximum atomic E-state index is 12.4. The molecule has 0 saturated heterocycles. The van der Waals surface area contributed by atoms with Crippen LogP contribution in [-0.4, -0.2) is 8.42 Å². The Morgan fingerprint density at radius 3 is 2.48 bits per heavy atom. The first-order valence-electron chi connectivity index (χ1n) is 6.02. The van der Waals surface area contributed by atoms with E-state index < -0.39 is 16.1 Å². The summed E-state index contributed by atoms with van der Waals surface area (Å²) >= 11 is 15.2. The molecule has 1 atom stereocenters. The Morgan fingerprint density at radius 2 is 1.86 bits per heavy atom. The van der Waals surface area contributed by atoms with Crippen molar-refractivity contribution in [2.24, 2.45) is 0 Å². The molecule has 1 N–H and O–H groups in total. The van der Waals surface area contributed by atoms with Crippen LogP contribution in [0.3, 0.4) is 0 Å². The van der Waals surface area contributed by atoms with Crippen molar-refractivity contribution in [3.8, 4) is 0 Å². The summed E-state index contributed by atoms with van der Waals surface area (Å²) in [6, 6.07) is 11.2. The van der Waals surface area contributed by atoms with Crippen LogP contribution >= 0.6 is 39.1 Å². The second-order valence-electron chi connectivity index (χ2n) is 4.47. The molecule has 0 spiro atoms. The summed E-state index contributed by atoms with van der Waals surface area (Å²) in [5, 5.41) is 0.718. The average Bonchev–Trinajstić information content (AvgIpc) is 2.37. The minimum Gasteiger partial charge on any atom is -0.207 e. The fourth-order valence-corrected chi connectivity index (χ4v) is 4.30. The van der Waals surface area contributed by atoms with Gasteiger partial charge in [-0.05, 0) is 42.8 Å². The fourth-order valence-electron chi connectivity index (χ4n) is 1.83. The molecule has 1 unspecified atom stereocenters. The molecule has 0 aromatic heterocycles. The number of sulfonamides is 1. The molecule has 0 aliphatic heterocycles. The van der Waals surface area contributed by atoms with Gasteiger partial charge in [-0.3, -0.25) is 0 Å². The van der Waals surface area contributed by atoms with E-state index in [-0.39, 0.29) is 9.92 Å². The van der Waals surface area contributed by atoms with E-state index >= 15 is 0 Å². The van der Waals surface area contributed by atoms with E-state index in [4.69, 9.17) is 23.2 Å². The molecule has 0 heterocycles. The summed E-state index contributed by atoms with van der Waals surface area (Å²) in [7, 11) is -3.71.